The Hall–Kier alpha value is -7.70. The number of para-hydroxylation sites is 6. The predicted molar refractivity (Wildman–Crippen MR) is 242 cm³/mol. The van der Waals surface area contributed by atoms with Crippen molar-refractivity contribution < 1.29 is 9.59 Å². The van der Waals surface area contributed by atoms with Gasteiger partial charge in [-0.3, -0.25) is 32.7 Å². The maximum atomic E-state index is 13.4. The van der Waals surface area contributed by atoms with Crippen molar-refractivity contribution >= 4 is 80.1 Å². The maximum absolute atomic E-state index is 13.4. The molecule has 0 aliphatic rings. The molecular weight excluding hydrogens is 815 g/mol. The van der Waals surface area contributed by atoms with Crippen LogP contribution in [0.3, 0.4) is 0 Å². The number of halogens is 1. The summed E-state index contributed by atoms with van der Waals surface area (Å²) in [7, 11) is 6.19. The summed E-state index contributed by atoms with van der Waals surface area (Å²) >= 11 is 3.47. The fourth-order valence-electron chi connectivity index (χ4n) is 7.48. The van der Waals surface area contributed by atoms with E-state index in [1.54, 1.807) is 86.5 Å². The van der Waals surface area contributed by atoms with Gasteiger partial charge in [-0.1, -0.05) is 91.0 Å². The molecule has 10 aromatic rings. The minimum atomic E-state index is -0.351. The SMILES string of the molecule is O=c1c2cccc3c(=O)n(-c4ccccc4)c4ccc(n1-c1ccccc1)n4c23.[B]c1ccc(Br)n1-c1c(C(=O)Nc2ccccc2)cccc1C(=O)Nc1ccccc1. The van der Waals surface area contributed by atoms with Gasteiger partial charge < -0.3 is 15.2 Å². The van der Waals surface area contributed by atoms with Gasteiger partial charge in [0.1, 0.15) is 19.1 Å². The summed E-state index contributed by atoms with van der Waals surface area (Å²) in [5.74, 6) is -0.703. The number of amides is 2. The second kappa shape index (κ2) is 15.9. The molecule has 4 aromatic heterocycles. The lowest BCUT2D eigenvalue weighted by Gasteiger charge is -2.18. The molecule has 2 radical (unpaired) electrons. The highest BCUT2D eigenvalue weighted by Crippen LogP contribution is 2.28. The third-order valence-electron chi connectivity index (χ3n) is 10.1. The highest BCUT2D eigenvalue weighted by Gasteiger charge is 2.24. The van der Waals surface area contributed by atoms with Crippen LogP contribution in [0.2, 0.25) is 0 Å². The number of anilines is 2. The first-order chi connectivity index (χ1) is 29.3. The summed E-state index contributed by atoms with van der Waals surface area (Å²) < 4.78 is 7.68. The van der Waals surface area contributed by atoms with Crippen LogP contribution in [0.4, 0.5) is 11.4 Å². The van der Waals surface area contributed by atoms with E-state index in [1.807, 2.05) is 114 Å². The largest absolute Gasteiger partial charge is 0.322 e. The molecule has 0 unspecified atom stereocenters. The first-order valence-corrected chi connectivity index (χ1v) is 19.7. The third kappa shape index (κ3) is 6.78. The van der Waals surface area contributed by atoms with Crippen LogP contribution in [0.25, 0.3) is 44.6 Å². The Bertz CT molecular complexity index is 3100. The van der Waals surface area contributed by atoms with Crippen LogP contribution in [0.5, 0.6) is 0 Å². The molecule has 0 saturated carbocycles. The highest BCUT2D eigenvalue weighted by molar-refractivity contribution is 9.10. The molecule has 60 heavy (non-hydrogen) atoms. The van der Waals surface area contributed by atoms with Crippen molar-refractivity contribution in [2.24, 2.45) is 0 Å². The third-order valence-corrected chi connectivity index (χ3v) is 10.7. The van der Waals surface area contributed by atoms with Gasteiger partial charge in [0.05, 0.1) is 49.1 Å². The number of aromatic nitrogens is 4. The van der Waals surface area contributed by atoms with Gasteiger partial charge >= 0.3 is 0 Å². The first kappa shape index (κ1) is 37.9. The smallest absolute Gasteiger partial charge is 0.266 e. The Morgan fingerprint density at radius 1 is 0.467 bits per heavy atom. The highest BCUT2D eigenvalue weighted by atomic mass is 79.9. The molecule has 6 aromatic carbocycles. The molecule has 0 aliphatic heterocycles. The van der Waals surface area contributed by atoms with Gasteiger partial charge in [0.15, 0.2) is 0 Å². The maximum Gasteiger partial charge on any atom is 0.266 e. The van der Waals surface area contributed by atoms with Crippen LogP contribution in [-0.2, 0) is 0 Å². The Balaban J connectivity index is 0.000000154. The molecule has 2 N–H and O–H groups in total. The zero-order chi connectivity index (χ0) is 41.3. The van der Waals surface area contributed by atoms with Crippen molar-refractivity contribution in [1.82, 2.24) is 18.1 Å². The van der Waals surface area contributed by atoms with Crippen LogP contribution in [0.1, 0.15) is 20.7 Å². The van der Waals surface area contributed by atoms with E-state index in [2.05, 4.69) is 26.6 Å². The lowest BCUT2D eigenvalue weighted by Crippen LogP contribution is -2.26. The van der Waals surface area contributed by atoms with Gasteiger partial charge in [0, 0.05) is 11.4 Å². The van der Waals surface area contributed by atoms with Crippen LogP contribution >= 0.6 is 15.9 Å². The van der Waals surface area contributed by atoms with Crippen LogP contribution in [0, 0.1) is 0 Å². The van der Waals surface area contributed by atoms with Crippen molar-refractivity contribution in [3.63, 3.8) is 0 Å². The lowest BCUT2D eigenvalue weighted by molar-refractivity contribution is 0.102. The average molecular weight is 848 g/mol. The Morgan fingerprint density at radius 2 is 0.883 bits per heavy atom. The van der Waals surface area contributed by atoms with E-state index in [0.29, 0.717) is 54.7 Å². The van der Waals surface area contributed by atoms with E-state index in [4.69, 9.17) is 7.85 Å². The number of rotatable bonds is 7. The fraction of sp³-hybridized carbons (Fsp3) is 0. The van der Waals surface area contributed by atoms with E-state index in [9.17, 15) is 19.2 Å². The number of benzene rings is 6. The molecule has 10 nitrogen and oxygen atoms in total. The van der Waals surface area contributed by atoms with E-state index in [-0.39, 0.29) is 22.9 Å². The van der Waals surface area contributed by atoms with Crippen molar-refractivity contribution in [3.05, 3.63) is 218 Å². The Morgan fingerprint density at radius 3 is 1.30 bits per heavy atom. The molecule has 0 saturated heterocycles. The van der Waals surface area contributed by atoms with Crippen molar-refractivity contribution in [1.29, 1.82) is 0 Å². The Labute approximate surface area is 352 Å². The summed E-state index contributed by atoms with van der Waals surface area (Å²) in [6, 6.07) is 55.0. The molecule has 12 heteroatoms. The lowest BCUT2D eigenvalue weighted by atomic mass is 10.0. The van der Waals surface area contributed by atoms with Crippen LogP contribution in [0.15, 0.2) is 196 Å². The quantitative estimate of drug-likeness (QED) is 0.157. The summed E-state index contributed by atoms with van der Waals surface area (Å²) in [5, 5.41) is 6.80. The average Bonchev–Trinajstić information content (AvgIpc) is 3.87. The summed E-state index contributed by atoms with van der Waals surface area (Å²) in [6.07, 6.45) is 0. The molecule has 10 rings (SSSR count). The predicted octanol–water partition coefficient (Wildman–Crippen LogP) is 8.52. The van der Waals surface area contributed by atoms with Crippen molar-refractivity contribution in [2.45, 2.75) is 0 Å². The minimum absolute atomic E-state index is 0.133. The molecule has 2 amide bonds. The van der Waals surface area contributed by atoms with Gasteiger partial charge in [0.25, 0.3) is 22.9 Å². The van der Waals surface area contributed by atoms with Crippen molar-refractivity contribution in [3.8, 4) is 17.1 Å². The number of carbonyl (C=O) groups excluding carboxylic acids is 2. The van der Waals surface area contributed by atoms with E-state index in [1.165, 1.54) is 0 Å². The topological polar surface area (TPSA) is 112 Å². The van der Waals surface area contributed by atoms with E-state index >= 15 is 0 Å². The van der Waals surface area contributed by atoms with Gasteiger partial charge in [-0.25, -0.2) is 0 Å². The molecule has 0 fully saturated rings. The van der Waals surface area contributed by atoms with Gasteiger partial charge in [-0.05, 0) is 113 Å². The second-order valence-electron chi connectivity index (χ2n) is 13.8. The molecule has 0 atom stereocenters. The summed E-state index contributed by atoms with van der Waals surface area (Å²) in [5.41, 5.74) is 6.13. The van der Waals surface area contributed by atoms with E-state index in [0.717, 1.165) is 22.7 Å². The monoisotopic (exact) mass is 846 g/mol. The molecular formula is C48H32BBrN6O4. The molecule has 0 bridgehead atoms. The van der Waals surface area contributed by atoms with Crippen molar-refractivity contribution in [2.75, 3.05) is 10.6 Å². The van der Waals surface area contributed by atoms with Gasteiger partial charge in [-0.2, -0.15) is 0 Å². The zero-order valence-electron chi connectivity index (χ0n) is 31.7. The first-order valence-electron chi connectivity index (χ1n) is 18.9. The normalized spacial score (nSPS) is 11.1. The number of nitrogens with one attached hydrogen (secondary N) is 2. The fourth-order valence-corrected chi connectivity index (χ4v) is 7.99. The second-order valence-corrected chi connectivity index (χ2v) is 14.6. The summed E-state index contributed by atoms with van der Waals surface area (Å²) in [4.78, 5) is 53.2. The molecule has 0 spiro atoms. The number of carbonyl (C=O) groups is 2. The zero-order valence-corrected chi connectivity index (χ0v) is 33.3. The molecule has 288 valence electrons. The summed E-state index contributed by atoms with van der Waals surface area (Å²) in [6.45, 7) is 0. The molecule has 0 aliphatic carbocycles. The van der Waals surface area contributed by atoms with Crippen LogP contribution < -0.4 is 27.3 Å². The van der Waals surface area contributed by atoms with E-state index < -0.39 is 0 Å². The number of hydrogen-bond donors (Lipinski definition) is 2. The Kier molecular flexibility index (Phi) is 10.0. The van der Waals surface area contributed by atoms with Gasteiger partial charge in [-0.15, -0.1) is 0 Å². The standard InChI is InChI=1S/C24H17BBrN3O2.C24H15N3O2/c25-20-14-15-21(26)29(20)22-18(23(30)27-16-8-3-1-4-9-16)12-7-13-19(22)24(31)28-17-10-5-2-6-11-17;28-23-18-12-7-13-19-22(18)27-20(25(23)16-8-3-1-4-9-16)14-15-21(27)26(24(19)29)17-10-5-2-6-11-17/h1-15H,(H,27,30)(H,28,31);1-15H. The van der Waals surface area contributed by atoms with Crippen LogP contribution in [-0.4, -0.2) is 37.8 Å². The minimum Gasteiger partial charge on any atom is -0.322 e. The molecule has 4 heterocycles. The van der Waals surface area contributed by atoms with Gasteiger partial charge in [0.2, 0.25) is 0 Å². The number of hydrogen-bond acceptors (Lipinski definition) is 4. The number of nitrogens with zero attached hydrogens (tertiary/aromatic N) is 4.